The zero-order chi connectivity index (χ0) is 15.1. The second-order valence-corrected chi connectivity index (χ2v) is 6.31. The third-order valence-corrected chi connectivity index (χ3v) is 4.79. The van der Waals surface area contributed by atoms with E-state index in [1.165, 1.54) is 25.0 Å². The molecule has 1 fully saturated rings. The summed E-state index contributed by atoms with van der Waals surface area (Å²) in [4.78, 5) is 4.44. The lowest BCUT2D eigenvalue weighted by atomic mass is 10.2. The molecular formula is C15H23N3O2S. The van der Waals surface area contributed by atoms with Crippen molar-refractivity contribution in [1.82, 2.24) is 0 Å². The molecule has 5 nitrogen and oxygen atoms in total. The number of thioether (sulfide) groups is 1. The summed E-state index contributed by atoms with van der Waals surface area (Å²) in [5.41, 5.74) is 6.73. The van der Waals surface area contributed by atoms with Crippen LogP contribution < -0.4 is 20.5 Å². The number of nitrogens with one attached hydrogen (secondary N) is 1. The first-order valence-corrected chi connectivity index (χ1v) is 8.18. The predicted molar refractivity (Wildman–Crippen MR) is 89.8 cm³/mol. The molecule has 0 saturated carbocycles. The van der Waals surface area contributed by atoms with Crippen LogP contribution in [0.15, 0.2) is 23.2 Å². The smallest absolute Gasteiger partial charge is 0.193 e. The van der Waals surface area contributed by atoms with Crippen molar-refractivity contribution < 1.29 is 9.47 Å². The molecule has 0 aromatic heterocycles. The Labute approximate surface area is 130 Å². The summed E-state index contributed by atoms with van der Waals surface area (Å²) >= 11 is 1.99. The molecule has 3 N–H and O–H groups in total. The van der Waals surface area contributed by atoms with Crippen molar-refractivity contribution >= 4 is 23.4 Å². The molecule has 2 rings (SSSR count). The lowest BCUT2D eigenvalue weighted by molar-refractivity contribution is 0.405. The van der Waals surface area contributed by atoms with E-state index in [4.69, 9.17) is 15.2 Å². The number of hydrogen-bond donors (Lipinski definition) is 2. The molecule has 1 saturated heterocycles. The van der Waals surface area contributed by atoms with E-state index in [9.17, 15) is 0 Å². The minimum Gasteiger partial charge on any atom is -0.497 e. The number of benzene rings is 1. The zero-order valence-corrected chi connectivity index (χ0v) is 13.4. The van der Waals surface area contributed by atoms with Crippen LogP contribution in [0.5, 0.6) is 11.5 Å². The minimum absolute atomic E-state index is 0.410. The maximum Gasteiger partial charge on any atom is 0.193 e. The molecule has 0 amide bonds. The molecule has 0 bridgehead atoms. The highest BCUT2D eigenvalue weighted by Gasteiger charge is 2.13. The molecule has 116 valence electrons. The van der Waals surface area contributed by atoms with E-state index in [-0.39, 0.29) is 0 Å². The topological polar surface area (TPSA) is 68.9 Å². The third-order valence-electron chi connectivity index (χ3n) is 3.41. The van der Waals surface area contributed by atoms with Gasteiger partial charge in [0, 0.05) is 11.3 Å². The fourth-order valence-corrected chi connectivity index (χ4v) is 3.46. The first-order valence-electron chi connectivity index (χ1n) is 7.13. The number of guanidine groups is 1. The highest BCUT2D eigenvalue weighted by molar-refractivity contribution is 7.99. The molecule has 1 aliphatic heterocycles. The van der Waals surface area contributed by atoms with Gasteiger partial charge in [-0.25, -0.2) is 0 Å². The summed E-state index contributed by atoms with van der Waals surface area (Å²) in [5, 5.41) is 3.68. The van der Waals surface area contributed by atoms with Gasteiger partial charge >= 0.3 is 0 Å². The van der Waals surface area contributed by atoms with Gasteiger partial charge in [0.2, 0.25) is 0 Å². The van der Waals surface area contributed by atoms with E-state index >= 15 is 0 Å². The molecule has 21 heavy (non-hydrogen) atoms. The van der Waals surface area contributed by atoms with Crippen LogP contribution in [-0.2, 0) is 0 Å². The van der Waals surface area contributed by atoms with Gasteiger partial charge in [0.05, 0.1) is 26.5 Å². The maximum absolute atomic E-state index is 5.97. The number of ether oxygens (including phenoxy) is 2. The summed E-state index contributed by atoms with van der Waals surface area (Å²) in [7, 11) is 3.25. The quantitative estimate of drug-likeness (QED) is 0.646. The molecule has 6 heteroatoms. The highest BCUT2D eigenvalue weighted by atomic mass is 32.2. The zero-order valence-electron chi connectivity index (χ0n) is 12.6. The van der Waals surface area contributed by atoms with Crippen LogP contribution in [0.1, 0.15) is 19.3 Å². The van der Waals surface area contributed by atoms with Crippen molar-refractivity contribution in [3.63, 3.8) is 0 Å². The Bertz CT molecular complexity index is 488. The third kappa shape index (κ3) is 4.74. The molecule has 0 radical (unpaired) electrons. The first kappa shape index (κ1) is 15.8. The monoisotopic (exact) mass is 309 g/mol. The fourth-order valence-electron chi connectivity index (χ4n) is 2.24. The molecule has 1 unspecified atom stereocenters. The van der Waals surface area contributed by atoms with Crippen molar-refractivity contribution in [2.75, 3.05) is 31.8 Å². The van der Waals surface area contributed by atoms with Crippen molar-refractivity contribution in [1.29, 1.82) is 0 Å². The fraction of sp³-hybridized carbons (Fsp3) is 0.533. The van der Waals surface area contributed by atoms with Crippen LogP contribution in [0.4, 0.5) is 5.69 Å². The van der Waals surface area contributed by atoms with E-state index < -0.39 is 0 Å². The van der Waals surface area contributed by atoms with E-state index in [0.717, 1.165) is 18.0 Å². The molecule has 0 spiro atoms. The number of methoxy groups -OCH3 is 2. The van der Waals surface area contributed by atoms with E-state index in [2.05, 4.69) is 10.3 Å². The van der Waals surface area contributed by atoms with E-state index in [1.807, 2.05) is 30.0 Å². The molecule has 1 aromatic carbocycles. The van der Waals surface area contributed by atoms with Crippen molar-refractivity contribution in [3.8, 4) is 11.5 Å². The number of rotatable bonds is 5. The summed E-state index contributed by atoms with van der Waals surface area (Å²) < 4.78 is 10.5. The Kier molecular flexibility index (Phi) is 6.04. The molecule has 1 aliphatic rings. The van der Waals surface area contributed by atoms with Gasteiger partial charge in [-0.3, -0.25) is 4.99 Å². The summed E-state index contributed by atoms with van der Waals surface area (Å²) in [6.07, 6.45) is 3.84. The summed E-state index contributed by atoms with van der Waals surface area (Å²) in [5.74, 6) is 3.10. The Morgan fingerprint density at radius 3 is 2.90 bits per heavy atom. The standard InChI is InChI=1S/C15H23N3O2S/c1-19-11-6-7-14(20-2)13(9-11)18-15(16)17-10-12-5-3-4-8-21-12/h6-7,9,12H,3-5,8,10H2,1-2H3,(H3,16,17,18). The second-order valence-electron chi connectivity index (χ2n) is 4.91. The second kappa shape index (κ2) is 8.02. The van der Waals surface area contributed by atoms with Crippen molar-refractivity contribution in [2.45, 2.75) is 24.5 Å². The van der Waals surface area contributed by atoms with Crippen molar-refractivity contribution in [2.24, 2.45) is 10.7 Å². The lowest BCUT2D eigenvalue weighted by Gasteiger charge is -2.19. The number of aliphatic imine (C=N–C) groups is 1. The number of anilines is 1. The van der Waals surface area contributed by atoms with E-state index in [0.29, 0.717) is 17.0 Å². The highest BCUT2D eigenvalue weighted by Crippen LogP contribution is 2.29. The average molecular weight is 309 g/mol. The summed E-state index contributed by atoms with van der Waals surface area (Å²) in [6.45, 7) is 0.760. The molecule has 1 heterocycles. The Morgan fingerprint density at radius 2 is 2.24 bits per heavy atom. The van der Waals surface area contributed by atoms with Gasteiger partial charge in [-0.15, -0.1) is 0 Å². The SMILES string of the molecule is COc1ccc(OC)c(NC(N)=NCC2CCCCS2)c1. The molecule has 1 aromatic rings. The van der Waals surface area contributed by atoms with Crippen LogP contribution in [0.3, 0.4) is 0 Å². The van der Waals surface area contributed by atoms with Gasteiger partial charge in [-0.05, 0) is 30.7 Å². The molecule has 0 aliphatic carbocycles. The summed E-state index contributed by atoms with van der Waals surface area (Å²) in [6, 6.07) is 5.53. The van der Waals surface area contributed by atoms with Gasteiger partial charge in [0.15, 0.2) is 5.96 Å². The van der Waals surface area contributed by atoms with Gasteiger partial charge in [-0.2, -0.15) is 11.8 Å². The average Bonchev–Trinajstić information content (AvgIpc) is 2.54. The van der Waals surface area contributed by atoms with Gasteiger partial charge < -0.3 is 20.5 Å². The largest absolute Gasteiger partial charge is 0.497 e. The van der Waals surface area contributed by atoms with Crippen LogP contribution in [0.2, 0.25) is 0 Å². The Morgan fingerprint density at radius 1 is 1.38 bits per heavy atom. The predicted octanol–water partition coefficient (Wildman–Crippen LogP) is 2.72. The minimum atomic E-state index is 0.410. The number of hydrogen-bond acceptors (Lipinski definition) is 4. The van der Waals surface area contributed by atoms with Crippen LogP contribution in [0, 0.1) is 0 Å². The van der Waals surface area contributed by atoms with Crippen LogP contribution >= 0.6 is 11.8 Å². The number of nitrogens with two attached hydrogens (primary N) is 1. The lowest BCUT2D eigenvalue weighted by Crippen LogP contribution is -2.25. The van der Waals surface area contributed by atoms with E-state index in [1.54, 1.807) is 14.2 Å². The first-order chi connectivity index (χ1) is 10.2. The molecule has 1 atom stereocenters. The Hall–Kier alpha value is -1.56. The van der Waals surface area contributed by atoms with Gasteiger partial charge in [-0.1, -0.05) is 6.42 Å². The molecular weight excluding hydrogens is 286 g/mol. The van der Waals surface area contributed by atoms with Crippen molar-refractivity contribution in [3.05, 3.63) is 18.2 Å². The normalized spacial score (nSPS) is 19.1. The van der Waals surface area contributed by atoms with Crippen LogP contribution in [-0.4, -0.2) is 37.7 Å². The van der Waals surface area contributed by atoms with Gasteiger partial charge in [0.1, 0.15) is 11.5 Å². The van der Waals surface area contributed by atoms with Gasteiger partial charge in [0.25, 0.3) is 0 Å². The number of nitrogens with zero attached hydrogens (tertiary/aromatic N) is 1. The Balaban J connectivity index is 1.98. The maximum atomic E-state index is 5.97. The van der Waals surface area contributed by atoms with Crippen LogP contribution in [0.25, 0.3) is 0 Å².